The molecule has 0 rings (SSSR count). The molecule has 4 heteroatoms. The third-order valence-corrected chi connectivity index (χ3v) is 1.92. The standard InChI is InChI=1S/C9H15F3O/c1-3-5-7(6-4-2)8(13)9(10,11)12/h7H,3-6H2,1-2H3. The Balaban J connectivity index is 4.27. The maximum atomic E-state index is 12.0. The molecule has 78 valence electrons. The number of hydrogen-bond acceptors (Lipinski definition) is 1. The second kappa shape index (κ2) is 5.25. The molecule has 0 bridgehead atoms. The monoisotopic (exact) mass is 196 g/mol. The molecule has 0 atom stereocenters. The van der Waals surface area contributed by atoms with Crippen LogP contribution in [0.25, 0.3) is 0 Å². The lowest BCUT2D eigenvalue weighted by molar-refractivity contribution is -0.176. The summed E-state index contributed by atoms with van der Waals surface area (Å²) in [5.41, 5.74) is 0. The molecule has 0 amide bonds. The predicted octanol–water partition coefficient (Wildman–Crippen LogP) is 3.33. The highest BCUT2D eigenvalue weighted by Crippen LogP contribution is 2.26. The van der Waals surface area contributed by atoms with Gasteiger partial charge < -0.3 is 0 Å². The molecule has 0 aromatic heterocycles. The number of halogens is 3. The van der Waals surface area contributed by atoms with E-state index in [-0.39, 0.29) is 0 Å². The molecule has 0 aromatic rings. The van der Waals surface area contributed by atoms with Crippen molar-refractivity contribution >= 4 is 5.78 Å². The van der Waals surface area contributed by atoms with Crippen molar-refractivity contribution in [1.29, 1.82) is 0 Å². The Hall–Kier alpha value is -0.540. The number of rotatable bonds is 5. The zero-order chi connectivity index (χ0) is 10.5. The van der Waals surface area contributed by atoms with Gasteiger partial charge in [-0.15, -0.1) is 0 Å². The van der Waals surface area contributed by atoms with Gasteiger partial charge in [0, 0.05) is 5.92 Å². The van der Waals surface area contributed by atoms with Gasteiger partial charge in [0.05, 0.1) is 0 Å². The van der Waals surface area contributed by atoms with Gasteiger partial charge >= 0.3 is 6.18 Å². The summed E-state index contributed by atoms with van der Waals surface area (Å²) in [5.74, 6) is -2.38. The average Bonchev–Trinajstić information content (AvgIpc) is 2.01. The summed E-state index contributed by atoms with van der Waals surface area (Å²) in [4.78, 5) is 10.8. The summed E-state index contributed by atoms with van der Waals surface area (Å²) >= 11 is 0. The molecule has 0 N–H and O–H groups in total. The Morgan fingerprint density at radius 1 is 1.15 bits per heavy atom. The first-order valence-corrected chi connectivity index (χ1v) is 4.54. The van der Waals surface area contributed by atoms with E-state index < -0.39 is 17.9 Å². The summed E-state index contributed by atoms with van der Waals surface area (Å²) in [6.45, 7) is 3.57. The summed E-state index contributed by atoms with van der Waals surface area (Å²) in [5, 5.41) is 0. The Morgan fingerprint density at radius 2 is 1.54 bits per heavy atom. The zero-order valence-corrected chi connectivity index (χ0v) is 7.95. The molecule has 0 saturated carbocycles. The van der Waals surface area contributed by atoms with E-state index in [9.17, 15) is 18.0 Å². The van der Waals surface area contributed by atoms with Crippen LogP contribution in [0.1, 0.15) is 39.5 Å². The molecule has 13 heavy (non-hydrogen) atoms. The van der Waals surface area contributed by atoms with Crippen molar-refractivity contribution in [3.8, 4) is 0 Å². The van der Waals surface area contributed by atoms with E-state index in [1.165, 1.54) is 0 Å². The maximum Gasteiger partial charge on any atom is 0.450 e. The van der Waals surface area contributed by atoms with Gasteiger partial charge in [-0.3, -0.25) is 4.79 Å². The lowest BCUT2D eigenvalue weighted by atomic mass is 9.93. The molecule has 0 aliphatic heterocycles. The zero-order valence-electron chi connectivity index (χ0n) is 7.95. The van der Waals surface area contributed by atoms with Crippen molar-refractivity contribution in [2.75, 3.05) is 0 Å². The summed E-state index contributed by atoms with van der Waals surface area (Å²) in [6, 6.07) is 0. The number of carbonyl (C=O) groups excluding carboxylic acids is 1. The molecule has 0 heterocycles. The Morgan fingerprint density at radius 3 is 1.77 bits per heavy atom. The van der Waals surface area contributed by atoms with Gasteiger partial charge in [-0.2, -0.15) is 13.2 Å². The van der Waals surface area contributed by atoms with E-state index in [0.29, 0.717) is 25.7 Å². The van der Waals surface area contributed by atoms with Crippen LogP contribution in [-0.2, 0) is 4.79 Å². The highest BCUT2D eigenvalue weighted by atomic mass is 19.4. The highest BCUT2D eigenvalue weighted by molar-refractivity contribution is 5.86. The number of Topliss-reactive ketones (excluding diaryl/α,β-unsaturated/α-hetero) is 1. The van der Waals surface area contributed by atoms with Gasteiger partial charge in [-0.25, -0.2) is 0 Å². The number of carbonyl (C=O) groups is 1. The smallest absolute Gasteiger partial charge is 0.289 e. The lowest BCUT2D eigenvalue weighted by Gasteiger charge is -2.15. The van der Waals surface area contributed by atoms with Crippen molar-refractivity contribution in [3.05, 3.63) is 0 Å². The van der Waals surface area contributed by atoms with Crippen molar-refractivity contribution in [3.63, 3.8) is 0 Å². The van der Waals surface area contributed by atoms with Crippen LogP contribution in [0.5, 0.6) is 0 Å². The molecule has 0 unspecified atom stereocenters. The van der Waals surface area contributed by atoms with Crippen LogP contribution in [0.15, 0.2) is 0 Å². The first-order valence-electron chi connectivity index (χ1n) is 4.54. The fraction of sp³-hybridized carbons (Fsp3) is 0.889. The van der Waals surface area contributed by atoms with Gasteiger partial charge in [0.25, 0.3) is 0 Å². The summed E-state index contributed by atoms with van der Waals surface area (Å²) in [6.07, 6.45) is -2.74. The van der Waals surface area contributed by atoms with Crippen LogP contribution in [0.2, 0.25) is 0 Å². The predicted molar refractivity (Wildman–Crippen MR) is 44.4 cm³/mol. The summed E-state index contributed by atoms with van der Waals surface area (Å²) in [7, 11) is 0. The molecular formula is C9H15F3O. The first-order chi connectivity index (χ1) is 5.93. The van der Waals surface area contributed by atoms with E-state index in [1.807, 2.05) is 0 Å². The number of ketones is 1. The van der Waals surface area contributed by atoms with Gasteiger partial charge in [0.1, 0.15) is 0 Å². The second-order valence-electron chi connectivity index (χ2n) is 3.14. The first kappa shape index (κ1) is 12.5. The minimum Gasteiger partial charge on any atom is -0.289 e. The van der Waals surface area contributed by atoms with Crippen LogP contribution in [0, 0.1) is 5.92 Å². The van der Waals surface area contributed by atoms with Crippen molar-refractivity contribution < 1.29 is 18.0 Å². The van der Waals surface area contributed by atoms with Crippen LogP contribution in [-0.4, -0.2) is 12.0 Å². The molecule has 0 spiro atoms. The fourth-order valence-corrected chi connectivity index (χ4v) is 1.33. The van der Waals surface area contributed by atoms with Crippen LogP contribution < -0.4 is 0 Å². The van der Waals surface area contributed by atoms with Gasteiger partial charge in [-0.1, -0.05) is 26.7 Å². The normalized spacial score (nSPS) is 12.2. The quantitative estimate of drug-likeness (QED) is 0.659. The maximum absolute atomic E-state index is 12.0. The second-order valence-corrected chi connectivity index (χ2v) is 3.14. The molecule has 0 fully saturated rings. The average molecular weight is 196 g/mol. The topological polar surface area (TPSA) is 17.1 Å². The Bertz CT molecular complexity index is 157. The van der Waals surface area contributed by atoms with E-state index in [1.54, 1.807) is 13.8 Å². The van der Waals surface area contributed by atoms with Gasteiger partial charge in [0.15, 0.2) is 0 Å². The van der Waals surface area contributed by atoms with Gasteiger partial charge in [-0.05, 0) is 12.8 Å². The third-order valence-electron chi connectivity index (χ3n) is 1.92. The Labute approximate surface area is 76.3 Å². The molecule has 0 radical (unpaired) electrons. The van der Waals surface area contributed by atoms with E-state index in [4.69, 9.17) is 0 Å². The molecule has 0 aliphatic carbocycles. The van der Waals surface area contributed by atoms with E-state index in [0.717, 1.165) is 0 Å². The highest BCUT2D eigenvalue weighted by Gasteiger charge is 2.42. The molecule has 1 nitrogen and oxygen atoms in total. The number of alkyl halides is 3. The Kier molecular flexibility index (Phi) is 5.03. The largest absolute Gasteiger partial charge is 0.450 e. The van der Waals surface area contributed by atoms with Crippen molar-refractivity contribution in [2.24, 2.45) is 5.92 Å². The SMILES string of the molecule is CCCC(CCC)C(=O)C(F)(F)F. The molecule has 0 aliphatic rings. The minimum absolute atomic E-state index is 0.339. The lowest BCUT2D eigenvalue weighted by Crippen LogP contribution is -2.30. The molecule has 0 aromatic carbocycles. The van der Waals surface area contributed by atoms with E-state index in [2.05, 4.69) is 0 Å². The van der Waals surface area contributed by atoms with Crippen LogP contribution in [0.3, 0.4) is 0 Å². The van der Waals surface area contributed by atoms with Crippen molar-refractivity contribution in [1.82, 2.24) is 0 Å². The molecular weight excluding hydrogens is 181 g/mol. The minimum atomic E-state index is -4.66. The van der Waals surface area contributed by atoms with Crippen LogP contribution >= 0.6 is 0 Å². The summed E-state index contributed by atoms with van der Waals surface area (Å²) < 4.78 is 36.0. The van der Waals surface area contributed by atoms with Crippen LogP contribution in [0.4, 0.5) is 13.2 Å². The number of hydrogen-bond donors (Lipinski definition) is 0. The van der Waals surface area contributed by atoms with Crippen molar-refractivity contribution in [2.45, 2.75) is 45.7 Å². The molecule has 0 saturated heterocycles. The van der Waals surface area contributed by atoms with Gasteiger partial charge in [0.2, 0.25) is 5.78 Å². The van der Waals surface area contributed by atoms with E-state index >= 15 is 0 Å². The fourth-order valence-electron chi connectivity index (χ4n) is 1.33. The third kappa shape index (κ3) is 4.29.